The largest absolute Gasteiger partial charge is 0.513 e. The van der Waals surface area contributed by atoms with E-state index in [-0.39, 0.29) is 16.9 Å². The molecule has 2 nitrogen and oxygen atoms in total. The van der Waals surface area contributed by atoms with E-state index >= 15 is 0 Å². The standard InChI is InChI=1S/C15H25NO/c1-14(8-4-3-5-9-14)15(2)10-12(16)6-7-13(17)11-15/h3-4,7,12,17H,5-6,8-11,16H2,1-2H3/t12?,14-,15?/m1/s1. The quantitative estimate of drug-likeness (QED) is 0.681. The fourth-order valence-corrected chi connectivity index (χ4v) is 3.47. The molecule has 2 aliphatic rings. The van der Waals surface area contributed by atoms with E-state index in [4.69, 9.17) is 5.73 Å². The first-order valence-corrected chi connectivity index (χ1v) is 6.74. The summed E-state index contributed by atoms with van der Waals surface area (Å²) in [4.78, 5) is 0. The van der Waals surface area contributed by atoms with Crippen molar-refractivity contribution >= 4 is 0 Å². The van der Waals surface area contributed by atoms with Gasteiger partial charge in [-0.2, -0.15) is 0 Å². The molecule has 0 aromatic carbocycles. The average Bonchev–Trinajstić information content (AvgIpc) is 2.39. The molecule has 0 heterocycles. The predicted molar refractivity (Wildman–Crippen MR) is 71.7 cm³/mol. The molecule has 2 aliphatic carbocycles. The molecular weight excluding hydrogens is 210 g/mol. The highest BCUT2D eigenvalue weighted by Gasteiger charge is 2.45. The van der Waals surface area contributed by atoms with Gasteiger partial charge in [-0.05, 0) is 49.0 Å². The number of rotatable bonds is 1. The summed E-state index contributed by atoms with van der Waals surface area (Å²) in [5, 5.41) is 9.98. The monoisotopic (exact) mass is 235 g/mol. The zero-order chi connectivity index (χ0) is 12.5. The Kier molecular flexibility index (Phi) is 3.35. The lowest BCUT2D eigenvalue weighted by atomic mass is 9.57. The Morgan fingerprint density at radius 2 is 2.06 bits per heavy atom. The van der Waals surface area contributed by atoms with E-state index in [9.17, 15) is 5.11 Å². The molecule has 0 fully saturated rings. The topological polar surface area (TPSA) is 46.2 Å². The van der Waals surface area contributed by atoms with Crippen LogP contribution in [0.15, 0.2) is 24.0 Å². The van der Waals surface area contributed by atoms with Crippen LogP contribution in [0, 0.1) is 10.8 Å². The van der Waals surface area contributed by atoms with Crippen LogP contribution in [0.25, 0.3) is 0 Å². The van der Waals surface area contributed by atoms with Crippen LogP contribution in [0.1, 0.15) is 52.4 Å². The highest BCUT2D eigenvalue weighted by atomic mass is 16.3. The summed E-state index contributed by atoms with van der Waals surface area (Å²) in [7, 11) is 0. The predicted octanol–water partition coefficient (Wildman–Crippen LogP) is 3.69. The Hall–Kier alpha value is -0.760. The second-order valence-electron chi connectivity index (χ2n) is 6.41. The highest BCUT2D eigenvalue weighted by molar-refractivity contribution is 5.10. The van der Waals surface area contributed by atoms with E-state index < -0.39 is 0 Å². The Balaban J connectivity index is 2.26. The maximum absolute atomic E-state index is 9.98. The van der Waals surface area contributed by atoms with Crippen molar-refractivity contribution in [2.24, 2.45) is 16.6 Å². The molecule has 3 N–H and O–H groups in total. The minimum absolute atomic E-state index is 0.119. The third-order valence-corrected chi connectivity index (χ3v) is 5.00. The summed E-state index contributed by atoms with van der Waals surface area (Å²) >= 11 is 0. The normalized spacial score (nSPS) is 43.0. The third-order valence-electron chi connectivity index (χ3n) is 5.00. The summed E-state index contributed by atoms with van der Waals surface area (Å²) in [6.07, 6.45) is 12.6. The van der Waals surface area contributed by atoms with Crippen LogP contribution < -0.4 is 5.73 Å². The number of allylic oxidation sites excluding steroid dienone is 3. The van der Waals surface area contributed by atoms with E-state index in [2.05, 4.69) is 26.0 Å². The minimum atomic E-state index is 0.119. The Morgan fingerprint density at radius 1 is 1.29 bits per heavy atom. The van der Waals surface area contributed by atoms with Crippen molar-refractivity contribution in [1.29, 1.82) is 0 Å². The lowest BCUT2D eigenvalue weighted by Crippen LogP contribution is -2.42. The zero-order valence-electron chi connectivity index (χ0n) is 11.1. The second-order valence-corrected chi connectivity index (χ2v) is 6.41. The number of aliphatic hydroxyl groups excluding tert-OH is 1. The lowest BCUT2D eigenvalue weighted by molar-refractivity contribution is 0.0353. The summed E-state index contributed by atoms with van der Waals surface area (Å²) < 4.78 is 0. The lowest BCUT2D eigenvalue weighted by Gasteiger charge is -2.48. The molecule has 0 aliphatic heterocycles. The van der Waals surface area contributed by atoms with Gasteiger partial charge in [0.2, 0.25) is 0 Å². The van der Waals surface area contributed by atoms with Gasteiger partial charge in [-0.1, -0.05) is 26.0 Å². The van der Waals surface area contributed by atoms with Gasteiger partial charge in [-0.25, -0.2) is 0 Å². The fourth-order valence-electron chi connectivity index (χ4n) is 3.47. The van der Waals surface area contributed by atoms with Gasteiger partial charge in [0.1, 0.15) is 0 Å². The summed E-state index contributed by atoms with van der Waals surface area (Å²) in [6.45, 7) is 4.67. The number of nitrogens with two attached hydrogens (primary N) is 1. The van der Waals surface area contributed by atoms with Gasteiger partial charge >= 0.3 is 0 Å². The van der Waals surface area contributed by atoms with E-state index in [0.717, 1.165) is 32.1 Å². The van der Waals surface area contributed by atoms with E-state index in [1.165, 1.54) is 6.42 Å². The third kappa shape index (κ3) is 2.42. The van der Waals surface area contributed by atoms with Gasteiger partial charge in [0.15, 0.2) is 0 Å². The molecule has 96 valence electrons. The first-order chi connectivity index (χ1) is 7.95. The smallest absolute Gasteiger partial charge is 0.0889 e. The van der Waals surface area contributed by atoms with E-state index in [1.807, 2.05) is 6.08 Å². The first kappa shape index (κ1) is 12.7. The van der Waals surface area contributed by atoms with E-state index in [0.29, 0.717) is 5.76 Å². The SMILES string of the molecule is CC1([C@]2(C)CC=CCC2)CC(O)=CCC(N)C1. The van der Waals surface area contributed by atoms with Gasteiger partial charge in [0.05, 0.1) is 5.76 Å². The molecule has 2 heteroatoms. The maximum atomic E-state index is 9.98. The van der Waals surface area contributed by atoms with Crippen LogP contribution in [0.2, 0.25) is 0 Å². The van der Waals surface area contributed by atoms with Crippen molar-refractivity contribution < 1.29 is 5.11 Å². The van der Waals surface area contributed by atoms with Crippen LogP contribution in [0.5, 0.6) is 0 Å². The zero-order valence-corrected chi connectivity index (χ0v) is 11.1. The Labute approximate surface area is 105 Å². The van der Waals surface area contributed by atoms with E-state index in [1.54, 1.807) is 0 Å². The van der Waals surface area contributed by atoms with Crippen LogP contribution in [0.3, 0.4) is 0 Å². The van der Waals surface area contributed by atoms with Crippen LogP contribution >= 0.6 is 0 Å². The van der Waals surface area contributed by atoms with Gasteiger partial charge < -0.3 is 10.8 Å². The number of aliphatic hydroxyl groups is 1. The first-order valence-electron chi connectivity index (χ1n) is 6.74. The molecule has 0 spiro atoms. The van der Waals surface area contributed by atoms with Crippen LogP contribution in [-0.2, 0) is 0 Å². The van der Waals surface area contributed by atoms with Crippen molar-refractivity contribution in [2.75, 3.05) is 0 Å². The summed E-state index contributed by atoms with van der Waals surface area (Å²) in [5.74, 6) is 0.538. The number of hydrogen-bond donors (Lipinski definition) is 2. The molecule has 3 atom stereocenters. The molecule has 0 saturated heterocycles. The van der Waals surface area contributed by atoms with Crippen molar-refractivity contribution in [2.45, 2.75) is 58.4 Å². The number of hydrogen-bond acceptors (Lipinski definition) is 2. The molecule has 0 radical (unpaired) electrons. The second kappa shape index (κ2) is 4.49. The van der Waals surface area contributed by atoms with Crippen molar-refractivity contribution in [3.05, 3.63) is 24.0 Å². The van der Waals surface area contributed by atoms with Crippen LogP contribution in [-0.4, -0.2) is 11.1 Å². The minimum Gasteiger partial charge on any atom is -0.513 e. The van der Waals surface area contributed by atoms with Crippen LogP contribution in [0.4, 0.5) is 0 Å². The maximum Gasteiger partial charge on any atom is 0.0889 e. The summed E-state index contributed by atoms with van der Waals surface area (Å²) in [6, 6.07) is 0.187. The highest BCUT2D eigenvalue weighted by Crippen LogP contribution is 2.54. The summed E-state index contributed by atoms with van der Waals surface area (Å²) in [5.41, 5.74) is 6.55. The van der Waals surface area contributed by atoms with Gasteiger partial charge in [-0.15, -0.1) is 0 Å². The average molecular weight is 235 g/mol. The van der Waals surface area contributed by atoms with Crippen molar-refractivity contribution in [1.82, 2.24) is 0 Å². The van der Waals surface area contributed by atoms with Crippen molar-refractivity contribution in [3.8, 4) is 0 Å². The molecule has 2 rings (SSSR count). The molecule has 0 saturated carbocycles. The van der Waals surface area contributed by atoms with Gasteiger partial charge in [0.25, 0.3) is 0 Å². The Morgan fingerprint density at radius 3 is 2.71 bits per heavy atom. The molecule has 0 bridgehead atoms. The molecule has 17 heavy (non-hydrogen) atoms. The van der Waals surface area contributed by atoms with Gasteiger partial charge in [0, 0.05) is 12.5 Å². The van der Waals surface area contributed by atoms with Crippen molar-refractivity contribution in [3.63, 3.8) is 0 Å². The Bertz CT molecular complexity index is 347. The molecule has 0 aromatic heterocycles. The molecule has 0 amide bonds. The van der Waals surface area contributed by atoms with Gasteiger partial charge in [-0.3, -0.25) is 0 Å². The fraction of sp³-hybridized carbons (Fsp3) is 0.733. The molecule has 2 unspecified atom stereocenters. The molecular formula is C15H25NO. The molecule has 0 aromatic rings.